The Kier molecular flexibility index (Phi) is 2.73. The number of hydrogen-bond donors (Lipinski definition) is 0. The number of carbonyl (C=O) groups excluding carboxylic acids is 1. The van der Waals surface area contributed by atoms with E-state index in [-0.39, 0.29) is 5.69 Å². The van der Waals surface area contributed by atoms with Gasteiger partial charge < -0.3 is 4.79 Å². The highest BCUT2D eigenvalue weighted by atomic mass is 16.6. The van der Waals surface area contributed by atoms with Crippen LogP contribution in [0.3, 0.4) is 0 Å². The van der Waals surface area contributed by atoms with E-state index in [9.17, 15) is 14.9 Å². The molecule has 0 bridgehead atoms. The number of carbonyl (C=O) groups is 1. The number of nitrogens with zero attached hydrogens (tertiary/aromatic N) is 1. The molecular weight excluding hydrogens is 206 g/mol. The van der Waals surface area contributed by atoms with E-state index < -0.39 is 10.3 Å². The van der Waals surface area contributed by atoms with E-state index >= 15 is 0 Å². The molecule has 0 spiro atoms. The summed E-state index contributed by atoms with van der Waals surface area (Å²) < 4.78 is 0. The summed E-state index contributed by atoms with van der Waals surface area (Å²) in [6.07, 6.45) is 4.59. The molecule has 0 heterocycles. The number of aldehydes is 1. The molecule has 1 aromatic rings. The van der Waals surface area contributed by atoms with Crippen molar-refractivity contribution in [3.63, 3.8) is 0 Å². The van der Waals surface area contributed by atoms with Crippen LogP contribution in [-0.2, 0) is 10.2 Å². The van der Waals surface area contributed by atoms with Gasteiger partial charge in [-0.05, 0) is 18.4 Å². The fraction of sp³-hybridized carbons (Fsp3) is 0.417. The van der Waals surface area contributed by atoms with Crippen LogP contribution in [0, 0.1) is 10.1 Å². The quantitative estimate of drug-likeness (QED) is 0.446. The van der Waals surface area contributed by atoms with Crippen LogP contribution >= 0.6 is 0 Å². The summed E-state index contributed by atoms with van der Waals surface area (Å²) in [5.41, 5.74) is 0.367. The van der Waals surface area contributed by atoms with E-state index in [0.29, 0.717) is 0 Å². The SMILES string of the molecule is O=CC1(c2cccc([N+](=O)[O-])c2)CCCC1. The highest BCUT2D eigenvalue weighted by Gasteiger charge is 2.36. The van der Waals surface area contributed by atoms with Gasteiger partial charge in [-0.15, -0.1) is 0 Å². The van der Waals surface area contributed by atoms with Gasteiger partial charge in [-0.25, -0.2) is 0 Å². The van der Waals surface area contributed by atoms with Crippen LogP contribution in [0.5, 0.6) is 0 Å². The van der Waals surface area contributed by atoms with Crippen LogP contribution in [0.25, 0.3) is 0 Å². The standard InChI is InChI=1S/C12H13NO3/c14-9-12(6-1-2-7-12)10-4-3-5-11(8-10)13(15)16/h3-5,8-9H,1-2,6-7H2. The second-order valence-corrected chi connectivity index (χ2v) is 4.29. The lowest BCUT2D eigenvalue weighted by Crippen LogP contribution is -2.23. The molecule has 0 aromatic heterocycles. The van der Waals surface area contributed by atoms with Crippen LogP contribution < -0.4 is 0 Å². The van der Waals surface area contributed by atoms with Crippen molar-refractivity contribution in [3.8, 4) is 0 Å². The average molecular weight is 219 g/mol. The van der Waals surface area contributed by atoms with Crippen LogP contribution in [0.4, 0.5) is 5.69 Å². The summed E-state index contributed by atoms with van der Waals surface area (Å²) in [4.78, 5) is 21.5. The number of hydrogen-bond acceptors (Lipinski definition) is 3. The van der Waals surface area contributed by atoms with Crippen LogP contribution in [0.1, 0.15) is 31.2 Å². The molecule has 0 radical (unpaired) electrons. The van der Waals surface area contributed by atoms with Gasteiger partial charge in [0.1, 0.15) is 6.29 Å². The van der Waals surface area contributed by atoms with E-state index in [1.165, 1.54) is 12.1 Å². The smallest absolute Gasteiger partial charge is 0.269 e. The Morgan fingerprint density at radius 1 is 1.31 bits per heavy atom. The molecule has 4 nitrogen and oxygen atoms in total. The number of rotatable bonds is 3. The molecule has 1 fully saturated rings. The van der Waals surface area contributed by atoms with Crippen molar-refractivity contribution in [3.05, 3.63) is 39.9 Å². The van der Waals surface area contributed by atoms with Crippen molar-refractivity contribution in [1.82, 2.24) is 0 Å². The van der Waals surface area contributed by atoms with Crippen LogP contribution in [0.15, 0.2) is 24.3 Å². The maximum atomic E-state index is 11.2. The lowest BCUT2D eigenvalue weighted by molar-refractivity contribution is -0.384. The first kappa shape index (κ1) is 10.8. The highest BCUT2D eigenvalue weighted by molar-refractivity contribution is 5.69. The summed E-state index contributed by atoms with van der Waals surface area (Å²) in [6, 6.07) is 6.44. The minimum atomic E-state index is -0.480. The number of non-ortho nitro benzene ring substituents is 1. The molecule has 0 aliphatic heterocycles. The van der Waals surface area contributed by atoms with Gasteiger partial charge in [-0.1, -0.05) is 25.0 Å². The maximum absolute atomic E-state index is 11.2. The molecule has 4 heteroatoms. The Morgan fingerprint density at radius 3 is 2.56 bits per heavy atom. The van der Waals surface area contributed by atoms with E-state index in [4.69, 9.17) is 0 Å². The number of benzene rings is 1. The summed E-state index contributed by atoms with van der Waals surface area (Å²) in [5.74, 6) is 0. The molecular formula is C12H13NO3. The molecule has 84 valence electrons. The zero-order chi connectivity index (χ0) is 11.6. The Labute approximate surface area is 93.4 Å². The summed E-state index contributed by atoms with van der Waals surface area (Å²) in [5, 5.41) is 10.7. The van der Waals surface area contributed by atoms with Gasteiger partial charge in [0.25, 0.3) is 5.69 Å². The predicted molar refractivity (Wildman–Crippen MR) is 59.3 cm³/mol. The molecule has 0 saturated heterocycles. The molecule has 0 atom stereocenters. The van der Waals surface area contributed by atoms with Crippen molar-refractivity contribution < 1.29 is 9.72 Å². The molecule has 1 aromatic carbocycles. The molecule has 2 rings (SSSR count). The number of nitro benzene ring substituents is 1. The second-order valence-electron chi connectivity index (χ2n) is 4.29. The van der Waals surface area contributed by atoms with E-state index in [1.54, 1.807) is 6.07 Å². The fourth-order valence-electron chi connectivity index (χ4n) is 2.41. The van der Waals surface area contributed by atoms with Crippen molar-refractivity contribution in [2.45, 2.75) is 31.1 Å². The Morgan fingerprint density at radius 2 is 2.00 bits per heavy atom. The minimum Gasteiger partial charge on any atom is -0.302 e. The van der Waals surface area contributed by atoms with Crippen LogP contribution in [0.2, 0.25) is 0 Å². The largest absolute Gasteiger partial charge is 0.302 e. The molecule has 1 saturated carbocycles. The lowest BCUT2D eigenvalue weighted by atomic mass is 9.80. The van der Waals surface area contributed by atoms with Gasteiger partial charge in [0.15, 0.2) is 0 Å². The molecule has 1 aliphatic rings. The first-order valence-electron chi connectivity index (χ1n) is 5.39. The zero-order valence-corrected chi connectivity index (χ0v) is 8.89. The van der Waals surface area contributed by atoms with Gasteiger partial charge in [0.05, 0.1) is 10.3 Å². The Balaban J connectivity index is 2.42. The third-order valence-corrected chi connectivity index (χ3v) is 3.35. The van der Waals surface area contributed by atoms with Gasteiger partial charge in [-0.2, -0.15) is 0 Å². The van der Waals surface area contributed by atoms with Gasteiger partial charge in [0.2, 0.25) is 0 Å². The predicted octanol–water partition coefficient (Wildman–Crippen LogP) is 2.61. The van der Waals surface area contributed by atoms with Gasteiger partial charge in [-0.3, -0.25) is 10.1 Å². The fourth-order valence-corrected chi connectivity index (χ4v) is 2.41. The summed E-state index contributed by atoms with van der Waals surface area (Å²) >= 11 is 0. The second kappa shape index (κ2) is 4.04. The minimum absolute atomic E-state index is 0.0608. The first-order chi connectivity index (χ1) is 7.68. The number of nitro groups is 1. The molecule has 0 N–H and O–H groups in total. The summed E-state index contributed by atoms with van der Waals surface area (Å²) in [7, 11) is 0. The zero-order valence-electron chi connectivity index (χ0n) is 8.89. The molecule has 16 heavy (non-hydrogen) atoms. The monoisotopic (exact) mass is 219 g/mol. The van der Waals surface area contributed by atoms with Crippen molar-refractivity contribution in [2.75, 3.05) is 0 Å². The molecule has 0 amide bonds. The highest BCUT2D eigenvalue weighted by Crippen LogP contribution is 2.40. The van der Waals surface area contributed by atoms with Crippen molar-refractivity contribution in [2.24, 2.45) is 0 Å². The van der Waals surface area contributed by atoms with Crippen LogP contribution in [-0.4, -0.2) is 11.2 Å². The topological polar surface area (TPSA) is 60.2 Å². The van der Waals surface area contributed by atoms with E-state index in [0.717, 1.165) is 37.5 Å². The maximum Gasteiger partial charge on any atom is 0.269 e. The van der Waals surface area contributed by atoms with Gasteiger partial charge in [0, 0.05) is 12.1 Å². The van der Waals surface area contributed by atoms with Crippen molar-refractivity contribution in [1.29, 1.82) is 0 Å². The van der Waals surface area contributed by atoms with Crippen molar-refractivity contribution >= 4 is 12.0 Å². The van der Waals surface area contributed by atoms with Gasteiger partial charge >= 0.3 is 0 Å². The lowest BCUT2D eigenvalue weighted by Gasteiger charge is -2.21. The average Bonchev–Trinajstić information content (AvgIpc) is 2.79. The first-order valence-corrected chi connectivity index (χ1v) is 5.39. The molecule has 1 aliphatic carbocycles. The van der Waals surface area contributed by atoms with E-state index in [1.807, 2.05) is 6.07 Å². The normalized spacial score (nSPS) is 18.2. The van der Waals surface area contributed by atoms with E-state index in [2.05, 4.69) is 0 Å². The summed E-state index contributed by atoms with van der Waals surface area (Å²) in [6.45, 7) is 0. The third kappa shape index (κ3) is 1.71. The Bertz CT molecular complexity index is 422. The molecule has 0 unspecified atom stereocenters. The Hall–Kier alpha value is -1.71. The third-order valence-electron chi connectivity index (χ3n) is 3.35.